The van der Waals surface area contributed by atoms with E-state index in [-0.39, 0.29) is 0 Å². The van der Waals surface area contributed by atoms with Gasteiger partial charge in [-0.3, -0.25) is 0 Å². The van der Waals surface area contributed by atoms with E-state index in [0.29, 0.717) is 0 Å². The Hall–Kier alpha value is -0.640. The number of hydrogen-bond donors (Lipinski definition) is 12. The molecular weight excluding hydrogens is 472 g/mol. The van der Waals surface area contributed by atoms with Gasteiger partial charge in [0.05, 0.1) is 19.8 Å². The zero-order valence-electron chi connectivity index (χ0n) is 17.7. The second kappa shape index (κ2) is 10.8. The second-order valence-electron chi connectivity index (χ2n) is 8.59. The van der Waals surface area contributed by atoms with E-state index in [1.807, 2.05) is 0 Å². The highest BCUT2D eigenvalue weighted by atomic mass is 16.7. The Balaban J connectivity index is 2.00. The third-order valence-electron chi connectivity index (χ3n) is 6.50. The lowest BCUT2D eigenvalue weighted by Crippen LogP contribution is -2.78. The van der Waals surface area contributed by atoms with Gasteiger partial charge in [0, 0.05) is 0 Å². The molecule has 3 saturated heterocycles. The van der Waals surface area contributed by atoms with Gasteiger partial charge in [0.1, 0.15) is 73.2 Å². The molecule has 0 aromatic rings. The minimum Gasteiger partial charge on any atom is -0.394 e. The molecule has 0 spiro atoms. The molecule has 0 aliphatic carbocycles. The smallest absolute Gasteiger partial charge is 0.192 e. The van der Waals surface area contributed by atoms with Gasteiger partial charge in [-0.1, -0.05) is 0 Å². The van der Waals surface area contributed by atoms with Crippen molar-refractivity contribution in [3.05, 3.63) is 0 Å². The summed E-state index contributed by atoms with van der Waals surface area (Å²) >= 11 is 0. The van der Waals surface area contributed by atoms with Crippen molar-refractivity contribution in [1.82, 2.24) is 0 Å². The Morgan fingerprint density at radius 3 is 1.71 bits per heavy atom. The molecule has 0 bridgehead atoms. The molecule has 34 heavy (non-hydrogen) atoms. The Morgan fingerprint density at radius 2 is 1.15 bits per heavy atom. The van der Waals surface area contributed by atoms with Gasteiger partial charge in [-0.2, -0.15) is 0 Å². The maximum Gasteiger partial charge on any atom is 0.192 e. The largest absolute Gasteiger partial charge is 0.394 e. The van der Waals surface area contributed by atoms with Crippen LogP contribution in [0.15, 0.2) is 0 Å². The fraction of sp³-hybridized carbons (Fsp3) is 1.00. The van der Waals surface area contributed by atoms with Crippen LogP contribution in [-0.2, 0) is 18.9 Å². The summed E-state index contributed by atoms with van der Waals surface area (Å²) in [5, 5.41) is 122. The maximum absolute atomic E-state index is 11.5. The van der Waals surface area contributed by atoms with Gasteiger partial charge in [-0.25, -0.2) is 0 Å². The third-order valence-corrected chi connectivity index (χ3v) is 6.50. The van der Waals surface area contributed by atoms with Gasteiger partial charge in [0.2, 0.25) is 0 Å². The van der Waals surface area contributed by atoms with Crippen LogP contribution in [0.5, 0.6) is 0 Å². The van der Waals surface area contributed by atoms with E-state index >= 15 is 0 Å². The predicted molar refractivity (Wildman–Crippen MR) is 101 cm³/mol. The average Bonchev–Trinajstić information content (AvgIpc) is 2.82. The standard InChI is InChI=1S/C18H32O16/c19-1-4-7(22)9(24)11(26)15(31-4)18(30)14(28)8(23)5(2-20)33-17(18)34-13-6(3-21)32-16(29)12(27)10(13)25/h4-17,19-30H,1-3H2/t4-,5-,6-,7+,8+,9+,10-,11-,12-,13-,14+,15?,16?,17+,18+/m1/s1. The molecule has 16 nitrogen and oxygen atoms in total. The molecule has 3 aliphatic rings. The first-order valence-corrected chi connectivity index (χ1v) is 10.5. The summed E-state index contributed by atoms with van der Waals surface area (Å²) in [6.07, 6.45) is -26.8. The van der Waals surface area contributed by atoms with E-state index in [1.165, 1.54) is 0 Å². The normalized spacial score (nSPS) is 54.7. The van der Waals surface area contributed by atoms with E-state index in [2.05, 4.69) is 0 Å². The Kier molecular flexibility index (Phi) is 8.85. The molecule has 3 aliphatic heterocycles. The Morgan fingerprint density at radius 1 is 0.588 bits per heavy atom. The summed E-state index contributed by atoms with van der Waals surface area (Å²) in [5.74, 6) is 0. The van der Waals surface area contributed by atoms with Gasteiger partial charge >= 0.3 is 0 Å². The fourth-order valence-corrected chi connectivity index (χ4v) is 4.42. The van der Waals surface area contributed by atoms with Crippen LogP contribution in [0.3, 0.4) is 0 Å². The lowest BCUT2D eigenvalue weighted by Gasteiger charge is -2.55. The van der Waals surface area contributed by atoms with Gasteiger partial charge in [0.15, 0.2) is 18.2 Å². The monoisotopic (exact) mass is 504 g/mol. The first kappa shape index (κ1) is 27.9. The topological polar surface area (TPSA) is 280 Å². The maximum atomic E-state index is 11.5. The predicted octanol–water partition coefficient (Wildman–Crippen LogP) is -8.18. The molecule has 0 aromatic carbocycles. The van der Waals surface area contributed by atoms with Crippen molar-refractivity contribution >= 4 is 0 Å². The zero-order valence-corrected chi connectivity index (χ0v) is 17.7. The van der Waals surface area contributed by atoms with Crippen LogP contribution in [0, 0.1) is 0 Å². The van der Waals surface area contributed by atoms with E-state index < -0.39 is 111 Å². The summed E-state index contributed by atoms with van der Waals surface area (Å²) in [5.41, 5.74) is -3.00. The molecular formula is C18H32O16. The van der Waals surface area contributed by atoms with E-state index in [4.69, 9.17) is 18.9 Å². The fourth-order valence-electron chi connectivity index (χ4n) is 4.42. The molecule has 0 radical (unpaired) electrons. The minimum absolute atomic E-state index is 0.870. The SMILES string of the molecule is OC[C@H]1OC([C@]2(O)[C@H](O[C@H]3[C@H](O)[C@@H](O)C(O)O[C@@H]3CO)O[C@H](CO)[C@H](O)[C@@H]2O)[C@H](O)[C@@H](O)[C@H]1O. The molecule has 16 heteroatoms. The highest BCUT2D eigenvalue weighted by Gasteiger charge is 2.65. The lowest BCUT2D eigenvalue weighted by atomic mass is 9.76. The van der Waals surface area contributed by atoms with Crippen molar-refractivity contribution in [2.24, 2.45) is 0 Å². The molecule has 3 rings (SSSR count). The van der Waals surface area contributed by atoms with Gasteiger partial charge < -0.3 is 80.2 Å². The highest BCUT2D eigenvalue weighted by molar-refractivity contribution is 5.11. The van der Waals surface area contributed by atoms with Crippen molar-refractivity contribution in [3.63, 3.8) is 0 Å². The first-order valence-electron chi connectivity index (χ1n) is 10.5. The second-order valence-corrected chi connectivity index (χ2v) is 8.59. The van der Waals surface area contributed by atoms with Crippen LogP contribution in [0.4, 0.5) is 0 Å². The Bertz CT molecular complexity index is 666. The van der Waals surface area contributed by atoms with Crippen molar-refractivity contribution in [2.45, 2.75) is 91.4 Å². The molecule has 200 valence electrons. The van der Waals surface area contributed by atoms with Crippen LogP contribution in [-0.4, -0.2) is 173 Å². The first-order chi connectivity index (χ1) is 15.9. The lowest BCUT2D eigenvalue weighted by molar-refractivity contribution is -0.407. The average molecular weight is 504 g/mol. The molecule has 0 saturated carbocycles. The van der Waals surface area contributed by atoms with Crippen molar-refractivity contribution in [1.29, 1.82) is 0 Å². The van der Waals surface area contributed by atoms with Crippen molar-refractivity contribution in [2.75, 3.05) is 19.8 Å². The molecule has 15 atom stereocenters. The van der Waals surface area contributed by atoms with Crippen LogP contribution < -0.4 is 0 Å². The van der Waals surface area contributed by atoms with E-state index in [1.54, 1.807) is 0 Å². The van der Waals surface area contributed by atoms with Crippen molar-refractivity contribution in [3.8, 4) is 0 Å². The summed E-state index contributed by atoms with van der Waals surface area (Å²) in [6.45, 7) is -2.67. The van der Waals surface area contributed by atoms with Gasteiger partial charge in [-0.05, 0) is 0 Å². The minimum atomic E-state index is -3.00. The molecule has 12 N–H and O–H groups in total. The van der Waals surface area contributed by atoms with E-state index in [0.717, 1.165) is 0 Å². The molecule has 3 heterocycles. The van der Waals surface area contributed by atoms with E-state index in [9.17, 15) is 61.3 Å². The number of aliphatic hydroxyl groups is 12. The zero-order chi connectivity index (χ0) is 25.5. The van der Waals surface area contributed by atoms with Crippen LogP contribution in [0.1, 0.15) is 0 Å². The number of hydrogen-bond acceptors (Lipinski definition) is 16. The van der Waals surface area contributed by atoms with Crippen LogP contribution >= 0.6 is 0 Å². The summed E-state index contributed by atoms with van der Waals surface area (Å²) < 4.78 is 21.1. The third kappa shape index (κ3) is 4.59. The Labute approximate surface area is 192 Å². The number of ether oxygens (including phenoxy) is 4. The molecule has 0 aromatic heterocycles. The quantitative estimate of drug-likeness (QED) is 0.160. The molecule has 3 fully saturated rings. The number of aliphatic hydroxyl groups excluding tert-OH is 11. The summed E-state index contributed by atoms with van der Waals surface area (Å²) in [4.78, 5) is 0. The van der Waals surface area contributed by atoms with Crippen LogP contribution in [0.2, 0.25) is 0 Å². The van der Waals surface area contributed by atoms with Crippen molar-refractivity contribution < 1.29 is 80.2 Å². The summed E-state index contributed by atoms with van der Waals surface area (Å²) in [7, 11) is 0. The molecule has 2 unspecified atom stereocenters. The highest BCUT2D eigenvalue weighted by Crippen LogP contribution is 2.41. The van der Waals surface area contributed by atoms with Gasteiger partial charge in [0.25, 0.3) is 0 Å². The van der Waals surface area contributed by atoms with Crippen LogP contribution in [0.25, 0.3) is 0 Å². The number of rotatable bonds is 6. The molecule has 0 amide bonds. The van der Waals surface area contributed by atoms with Gasteiger partial charge in [-0.15, -0.1) is 0 Å². The summed E-state index contributed by atoms with van der Waals surface area (Å²) in [6, 6.07) is 0.